The van der Waals surface area contributed by atoms with Gasteiger partial charge in [0.15, 0.2) is 0 Å². The van der Waals surface area contributed by atoms with Gasteiger partial charge in [-0.2, -0.15) is 0 Å². The third-order valence-electron chi connectivity index (χ3n) is 7.67. The maximum Gasteiger partial charge on any atom is 0.322 e. The predicted octanol–water partition coefficient (Wildman–Crippen LogP) is 4.08. The van der Waals surface area contributed by atoms with Gasteiger partial charge in [-0.25, -0.2) is 4.79 Å². The molecule has 1 aromatic rings. The van der Waals surface area contributed by atoms with Crippen LogP contribution in [0.5, 0.6) is 0 Å². The van der Waals surface area contributed by atoms with Gasteiger partial charge in [0, 0.05) is 49.9 Å². The van der Waals surface area contributed by atoms with Gasteiger partial charge in [-0.3, -0.25) is 4.79 Å². The first-order valence-electron chi connectivity index (χ1n) is 12.2. The van der Waals surface area contributed by atoms with Crippen LogP contribution in [0, 0.1) is 5.41 Å². The zero-order valence-corrected chi connectivity index (χ0v) is 20.6. The molecule has 33 heavy (non-hydrogen) atoms. The van der Waals surface area contributed by atoms with Gasteiger partial charge in [0.25, 0.3) is 0 Å². The molecule has 1 N–H and O–H groups in total. The van der Waals surface area contributed by atoms with E-state index in [2.05, 4.69) is 10.2 Å². The van der Waals surface area contributed by atoms with Gasteiger partial charge in [-0.1, -0.05) is 17.7 Å². The number of carbonyl (C=O) groups is 2. The first-order chi connectivity index (χ1) is 15.9. The van der Waals surface area contributed by atoms with Crippen molar-refractivity contribution in [3.05, 3.63) is 29.3 Å². The Bertz CT molecular complexity index is 837. The normalized spacial score (nSPS) is 24.0. The van der Waals surface area contributed by atoms with Gasteiger partial charge >= 0.3 is 6.03 Å². The minimum Gasteiger partial charge on any atom is -0.383 e. The van der Waals surface area contributed by atoms with Crippen molar-refractivity contribution in [1.29, 1.82) is 0 Å². The van der Waals surface area contributed by atoms with Crippen LogP contribution in [0.4, 0.5) is 10.5 Å². The highest BCUT2D eigenvalue weighted by molar-refractivity contribution is 6.30. The van der Waals surface area contributed by atoms with E-state index in [1.165, 1.54) is 38.8 Å². The second-order valence-electron chi connectivity index (χ2n) is 10.0. The molecule has 0 radical (unpaired) electrons. The van der Waals surface area contributed by atoms with Crippen LogP contribution in [-0.2, 0) is 9.53 Å². The van der Waals surface area contributed by atoms with Crippen molar-refractivity contribution in [3.63, 3.8) is 0 Å². The van der Waals surface area contributed by atoms with Crippen LogP contribution in [0.25, 0.3) is 0 Å². The number of anilines is 1. The molecule has 0 aromatic heterocycles. The molecule has 4 rings (SSSR count). The fourth-order valence-corrected chi connectivity index (χ4v) is 5.45. The summed E-state index contributed by atoms with van der Waals surface area (Å²) in [5.74, 6) is 0.0949. The number of hydrogen-bond acceptors (Lipinski definition) is 4. The molecular formula is C25H37ClN4O3. The lowest BCUT2D eigenvalue weighted by Crippen LogP contribution is -2.49. The van der Waals surface area contributed by atoms with E-state index < -0.39 is 0 Å². The largest absolute Gasteiger partial charge is 0.383 e. The van der Waals surface area contributed by atoms with Gasteiger partial charge < -0.3 is 24.8 Å². The first kappa shape index (κ1) is 24.3. The molecule has 3 fully saturated rings. The number of amides is 3. The average molecular weight is 477 g/mol. The van der Waals surface area contributed by atoms with Crippen molar-refractivity contribution >= 4 is 29.2 Å². The Hall–Kier alpha value is -1.83. The molecule has 1 spiro atoms. The number of carbonyl (C=O) groups excluding carboxylic acids is 2. The average Bonchev–Trinajstić information content (AvgIpc) is 3.56. The minimum atomic E-state index is -0.204. The molecule has 2 aliphatic heterocycles. The van der Waals surface area contributed by atoms with Crippen molar-refractivity contribution in [2.45, 2.75) is 57.5 Å². The Labute approximate surface area is 202 Å². The number of rotatable bonds is 7. The summed E-state index contributed by atoms with van der Waals surface area (Å²) in [4.78, 5) is 32.3. The Balaban J connectivity index is 1.35. The minimum absolute atomic E-state index is 0.0257. The number of likely N-dealkylation sites (tertiary alicyclic amines) is 1. The smallest absolute Gasteiger partial charge is 0.322 e. The van der Waals surface area contributed by atoms with Gasteiger partial charge in [0.05, 0.1) is 12.6 Å². The lowest BCUT2D eigenvalue weighted by Gasteiger charge is -2.36. The molecule has 2 saturated heterocycles. The van der Waals surface area contributed by atoms with Crippen LogP contribution in [-0.4, -0.2) is 85.2 Å². The van der Waals surface area contributed by atoms with Gasteiger partial charge in [-0.15, -0.1) is 0 Å². The second-order valence-corrected chi connectivity index (χ2v) is 10.5. The number of hydrogen-bond donors (Lipinski definition) is 1. The van der Waals surface area contributed by atoms with Crippen molar-refractivity contribution in [1.82, 2.24) is 14.7 Å². The quantitative estimate of drug-likeness (QED) is 0.644. The third-order valence-corrected chi connectivity index (χ3v) is 7.90. The van der Waals surface area contributed by atoms with Gasteiger partial charge in [-0.05, 0) is 75.7 Å². The van der Waals surface area contributed by atoms with Crippen LogP contribution in [0.2, 0.25) is 5.02 Å². The molecule has 2 heterocycles. The molecule has 182 valence electrons. The van der Waals surface area contributed by atoms with E-state index in [0.29, 0.717) is 42.2 Å². The lowest BCUT2D eigenvalue weighted by atomic mass is 9.93. The highest BCUT2D eigenvalue weighted by Crippen LogP contribution is 2.53. The molecule has 2 unspecified atom stereocenters. The molecule has 7 nitrogen and oxygen atoms in total. The molecule has 1 saturated carbocycles. The summed E-state index contributed by atoms with van der Waals surface area (Å²) in [5.41, 5.74) is 1.33. The van der Waals surface area contributed by atoms with E-state index in [1.54, 1.807) is 30.2 Å². The fraction of sp³-hybridized carbons (Fsp3) is 0.680. The summed E-state index contributed by atoms with van der Waals surface area (Å²) in [7, 11) is 1.70. The monoisotopic (exact) mass is 476 g/mol. The number of benzene rings is 1. The number of nitrogens with one attached hydrogen (secondary N) is 1. The van der Waals surface area contributed by atoms with Crippen LogP contribution in [0.3, 0.4) is 0 Å². The molecule has 0 bridgehead atoms. The molecule has 3 aliphatic rings. The third kappa shape index (κ3) is 6.19. The fourth-order valence-electron chi connectivity index (χ4n) is 5.26. The molecule has 1 aromatic carbocycles. The van der Waals surface area contributed by atoms with E-state index in [1.807, 2.05) is 17.9 Å². The highest BCUT2D eigenvalue weighted by atomic mass is 35.5. The molecular weight excluding hydrogens is 440 g/mol. The maximum absolute atomic E-state index is 13.1. The number of halogens is 1. The number of piperidine rings is 1. The van der Waals surface area contributed by atoms with E-state index in [9.17, 15) is 9.59 Å². The van der Waals surface area contributed by atoms with E-state index in [0.717, 1.165) is 13.0 Å². The summed E-state index contributed by atoms with van der Waals surface area (Å²) < 4.78 is 5.51. The molecule has 8 heteroatoms. The number of ether oxygens (including phenoxy) is 1. The zero-order valence-electron chi connectivity index (χ0n) is 19.9. The summed E-state index contributed by atoms with van der Waals surface area (Å²) in [6, 6.07) is 6.83. The Kier molecular flexibility index (Phi) is 7.82. The van der Waals surface area contributed by atoms with Crippen LogP contribution < -0.4 is 5.32 Å². The summed E-state index contributed by atoms with van der Waals surface area (Å²) in [6.07, 6.45) is 6.67. The predicted molar refractivity (Wildman–Crippen MR) is 131 cm³/mol. The summed E-state index contributed by atoms with van der Waals surface area (Å²) in [6.45, 7) is 6.76. The van der Waals surface area contributed by atoms with Crippen LogP contribution in [0.1, 0.15) is 45.4 Å². The Morgan fingerprint density at radius 3 is 2.67 bits per heavy atom. The van der Waals surface area contributed by atoms with Crippen molar-refractivity contribution in [2.24, 2.45) is 5.41 Å². The van der Waals surface area contributed by atoms with Crippen molar-refractivity contribution in [2.75, 3.05) is 51.8 Å². The van der Waals surface area contributed by atoms with Crippen LogP contribution in [0.15, 0.2) is 24.3 Å². The standard InChI is InChI=1S/C25H37ClN4O3/c1-19-17-30(22(18-33-2)6-12-28-14-10-25(8-9-25)11-15-28)23(31)7-13-29(19)24(32)27-21-5-3-4-20(26)16-21/h3-5,16,19,22H,6-15,17-18H2,1-2H3,(H,27,32). The summed E-state index contributed by atoms with van der Waals surface area (Å²) in [5, 5.41) is 3.49. The molecule has 1 aliphatic carbocycles. The second kappa shape index (κ2) is 10.6. The Morgan fingerprint density at radius 1 is 1.24 bits per heavy atom. The summed E-state index contributed by atoms with van der Waals surface area (Å²) >= 11 is 6.04. The lowest BCUT2D eigenvalue weighted by molar-refractivity contribution is -0.134. The van der Waals surface area contributed by atoms with Crippen LogP contribution >= 0.6 is 11.6 Å². The molecule has 3 amide bonds. The SMILES string of the molecule is COCC(CCN1CCC2(CC1)CC2)N1CC(C)N(C(=O)Nc2cccc(Cl)c2)CCC1=O. The van der Waals surface area contributed by atoms with Crippen molar-refractivity contribution < 1.29 is 14.3 Å². The maximum atomic E-state index is 13.1. The number of urea groups is 1. The first-order valence-corrected chi connectivity index (χ1v) is 12.6. The van der Waals surface area contributed by atoms with Gasteiger partial charge in [0.2, 0.25) is 5.91 Å². The topological polar surface area (TPSA) is 65.1 Å². The molecule has 2 atom stereocenters. The number of nitrogens with zero attached hydrogens (tertiary/aromatic N) is 3. The van der Waals surface area contributed by atoms with E-state index >= 15 is 0 Å². The zero-order chi connectivity index (χ0) is 23.4. The number of methoxy groups -OCH3 is 1. The van der Waals surface area contributed by atoms with E-state index in [4.69, 9.17) is 16.3 Å². The highest BCUT2D eigenvalue weighted by Gasteiger charge is 2.44. The van der Waals surface area contributed by atoms with E-state index in [-0.39, 0.29) is 24.0 Å². The van der Waals surface area contributed by atoms with Crippen molar-refractivity contribution in [3.8, 4) is 0 Å². The Morgan fingerprint density at radius 2 is 2.00 bits per heavy atom. The van der Waals surface area contributed by atoms with Gasteiger partial charge in [0.1, 0.15) is 0 Å².